The van der Waals surface area contributed by atoms with Gasteiger partial charge in [-0.15, -0.1) is 0 Å². The summed E-state index contributed by atoms with van der Waals surface area (Å²) in [5, 5.41) is 0. The minimum absolute atomic E-state index is 0.120. The summed E-state index contributed by atoms with van der Waals surface area (Å²) in [7, 11) is -3.31. The predicted octanol–water partition coefficient (Wildman–Crippen LogP) is 2.48. The molecular formula is C19H16O6S. The van der Waals surface area contributed by atoms with Crippen LogP contribution >= 0.6 is 0 Å². The molecule has 0 fully saturated rings. The standard InChI is InChI=1S/C19H16O6S/c1-12(20)25-15-7-3-13(4-8-15)17-11-24-19(21)18(17)14-5-9-16(10-6-14)26(2,22)23/h3-10H,11H2,1-2H3. The molecule has 0 bridgehead atoms. The molecule has 1 aliphatic heterocycles. The Morgan fingerprint density at radius 1 is 1.00 bits per heavy atom. The van der Waals surface area contributed by atoms with Crippen LogP contribution in [0.15, 0.2) is 53.4 Å². The number of benzene rings is 2. The molecule has 2 aromatic carbocycles. The quantitative estimate of drug-likeness (QED) is 0.605. The van der Waals surface area contributed by atoms with Gasteiger partial charge in [0.15, 0.2) is 9.84 Å². The minimum Gasteiger partial charge on any atom is -0.457 e. The molecule has 0 unspecified atom stereocenters. The van der Waals surface area contributed by atoms with Gasteiger partial charge < -0.3 is 9.47 Å². The molecular weight excluding hydrogens is 356 g/mol. The number of sulfone groups is 1. The lowest BCUT2D eigenvalue weighted by Crippen LogP contribution is -2.01. The van der Waals surface area contributed by atoms with Crippen LogP contribution in [0, 0.1) is 0 Å². The largest absolute Gasteiger partial charge is 0.457 e. The van der Waals surface area contributed by atoms with Crippen LogP contribution < -0.4 is 4.74 Å². The van der Waals surface area contributed by atoms with E-state index in [1.54, 1.807) is 36.4 Å². The van der Waals surface area contributed by atoms with Crippen molar-refractivity contribution in [3.63, 3.8) is 0 Å². The Hall–Kier alpha value is -2.93. The van der Waals surface area contributed by atoms with Crippen molar-refractivity contribution in [2.75, 3.05) is 12.9 Å². The van der Waals surface area contributed by atoms with Crippen molar-refractivity contribution in [3.05, 3.63) is 59.7 Å². The molecule has 0 aliphatic carbocycles. The lowest BCUT2D eigenvalue weighted by molar-refractivity contribution is -0.134. The second-order valence-corrected chi connectivity index (χ2v) is 7.86. The molecule has 1 heterocycles. The first-order valence-electron chi connectivity index (χ1n) is 7.75. The molecule has 0 N–H and O–H groups in total. The van der Waals surface area contributed by atoms with Crippen molar-refractivity contribution in [1.82, 2.24) is 0 Å². The topological polar surface area (TPSA) is 86.7 Å². The molecule has 0 aromatic heterocycles. The van der Waals surface area contributed by atoms with E-state index < -0.39 is 21.8 Å². The summed E-state index contributed by atoms with van der Waals surface area (Å²) in [6, 6.07) is 12.8. The van der Waals surface area contributed by atoms with Gasteiger partial charge in [0.25, 0.3) is 0 Å². The van der Waals surface area contributed by atoms with Gasteiger partial charge in [0.1, 0.15) is 12.4 Å². The molecule has 0 amide bonds. The highest BCUT2D eigenvalue weighted by Gasteiger charge is 2.27. The van der Waals surface area contributed by atoms with Gasteiger partial charge in [-0.1, -0.05) is 24.3 Å². The molecule has 7 heteroatoms. The smallest absolute Gasteiger partial charge is 0.339 e. The maximum absolute atomic E-state index is 12.2. The second kappa shape index (κ2) is 6.76. The zero-order chi connectivity index (χ0) is 18.9. The molecule has 0 spiro atoms. The lowest BCUT2D eigenvalue weighted by atomic mass is 9.97. The van der Waals surface area contributed by atoms with Crippen LogP contribution in [0.5, 0.6) is 5.75 Å². The zero-order valence-electron chi connectivity index (χ0n) is 14.2. The summed E-state index contributed by atoms with van der Waals surface area (Å²) in [6.45, 7) is 1.44. The van der Waals surface area contributed by atoms with Crippen molar-refractivity contribution >= 4 is 32.9 Å². The molecule has 2 aromatic rings. The van der Waals surface area contributed by atoms with E-state index in [9.17, 15) is 18.0 Å². The van der Waals surface area contributed by atoms with E-state index in [0.717, 1.165) is 11.8 Å². The van der Waals surface area contributed by atoms with Crippen molar-refractivity contribution < 1.29 is 27.5 Å². The van der Waals surface area contributed by atoms with E-state index in [1.807, 2.05) is 0 Å². The number of rotatable bonds is 4. The molecule has 3 rings (SSSR count). The fraction of sp³-hybridized carbons (Fsp3) is 0.158. The third-order valence-electron chi connectivity index (χ3n) is 3.89. The van der Waals surface area contributed by atoms with E-state index in [-0.39, 0.29) is 11.5 Å². The summed E-state index contributed by atoms with van der Waals surface area (Å²) in [5.74, 6) is -0.467. The third kappa shape index (κ3) is 3.67. The molecule has 0 radical (unpaired) electrons. The van der Waals surface area contributed by atoms with Crippen LogP contribution in [-0.4, -0.2) is 33.2 Å². The van der Waals surface area contributed by atoms with Gasteiger partial charge in [0.2, 0.25) is 0 Å². The fourth-order valence-electron chi connectivity index (χ4n) is 2.68. The Balaban J connectivity index is 2.00. The van der Waals surface area contributed by atoms with Gasteiger partial charge in [-0.2, -0.15) is 0 Å². The Bertz CT molecular complexity index is 999. The molecule has 134 valence electrons. The average molecular weight is 372 g/mol. The molecule has 26 heavy (non-hydrogen) atoms. The summed E-state index contributed by atoms with van der Waals surface area (Å²) < 4.78 is 33.3. The highest BCUT2D eigenvalue weighted by Crippen LogP contribution is 2.33. The number of cyclic esters (lactones) is 1. The van der Waals surface area contributed by atoms with E-state index in [1.165, 1.54) is 19.1 Å². The Morgan fingerprint density at radius 3 is 2.12 bits per heavy atom. The molecule has 1 aliphatic rings. The van der Waals surface area contributed by atoms with Crippen molar-refractivity contribution in [2.24, 2.45) is 0 Å². The van der Waals surface area contributed by atoms with Gasteiger partial charge in [0, 0.05) is 18.8 Å². The maximum atomic E-state index is 12.2. The van der Waals surface area contributed by atoms with E-state index in [4.69, 9.17) is 9.47 Å². The molecule has 0 atom stereocenters. The van der Waals surface area contributed by atoms with Crippen LogP contribution in [0.3, 0.4) is 0 Å². The minimum atomic E-state index is -3.31. The monoisotopic (exact) mass is 372 g/mol. The summed E-state index contributed by atoms with van der Waals surface area (Å²) in [6.07, 6.45) is 1.13. The van der Waals surface area contributed by atoms with Crippen LogP contribution in [0.2, 0.25) is 0 Å². The van der Waals surface area contributed by atoms with Crippen molar-refractivity contribution in [2.45, 2.75) is 11.8 Å². The number of ether oxygens (including phenoxy) is 2. The summed E-state index contributed by atoms with van der Waals surface area (Å²) >= 11 is 0. The third-order valence-corrected chi connectivity index (χ3v) is 5.02. The lowest BCUT2D eigenvalue weighted by Gasteiger charge is -2.07. The summed E-state index contributed by atoms with van der Waals surface area (Å²) in [5.41, 5.74) is 2.43. The number of hydrogen-bond donors (Lipinski definition) is 0. The van der Waals surface area contributed by atoms with Crippen molar-refractivity contribution in [3.8, 4) is 5.75 Å². The van der Waals surface area contributed by atoms with Crippen LogP contribution in [0.4, 0.5) is 0 Å². The van der Waals surface area contributed by atoms with E-state index >= 15 is 0 Å². The second-order valence-electron chi connectivity index (χ2n) is 5.84. The van der Waals surface area contributed by atoms with E-state index in [2.05, 4.69) is 0 Å². The normalized spacial score (nSPS) is 14.3. The first kappa shape index (κ1) is 17.9. The predicted molar refractivity (Wildman–Crippen MR) is 95.1 cm³/mol. The highest BCUT2D eigenvalue weighted by molar-refractivity contribution is 7.90. The number of carbonyl (C=O) groups excluding carboxylic acids is 2. The number of carbonyl (C=O) groups is 2. The molecule has 0 saturated carbocycles. The van der Waals surface area contributed by atoms with Crippen molar-refractivity contribution in [1.29, 1.82) is 0 Å². The van der Waals surface area contributed by atoms with Crippen LogP contribution in [-0.2, 0) is 24.2 Å². The van der Waals surface area contributed by atoms with Gasteiger partial charge in [0.05, 0.1) is 10.5 Å². The first-order chi connectivity index (χ1) is 12.3. The van der Waals surface area contributed by atoms with Crippen LogP contribution in [0.1, 0.15) is 18.1 Å². The van der Waals surface area contributed by atoms with Gasteiger partial charge in [-0.25, -0.2) is 13.2 Å². The SMILES string of the molecule is CC(=O)Oc1ccc(C2=C(c3ccc(S(C)(=O)=O)cc3)C(=O)OC2)cc1. The molecule has 6 nitrogen and oxygen atoms in total. The Labute approximate surface area is 151 Å². The molecule has 0 saturated heterocycles. The van der Waals surface area contributed by atoms with Gasteiger partial charge >= 0.3 is 11.9 Å². The Morgan fingerprint density at radius 2 is 1.58 bits per heavy atom. The van der Waals surface area contributed by atoms with Gasteiger partial charge in [-0.3, -0.25) is 4.79 Å². The number of esters is 2. The van der Waals surface area contributed by atoms with Crippen LogP contribution in [0.25, 0.3) is 11.1 Å². The first-order valence-corrected chi connectivity index (χ1v) is 9.64. The average Bonchev–Trinajstić information content (AvgIpc) is 2.96. The maximum Gasteiger partial charge on any atom is 0.339 e. The fourth-order valence-corrected chi connectivity index (χ4v) is 3.31. The number of hydrogen-bond acceptors (Lipinski definition) is 6. The van der Waals surface area contributed by atoms with Gasteiger partial charge in [-0.05, 0) is 35.4 Å². The van der Waals surface area contributed by atoms with E-state index in [0.29, 0.717) is 22.5 Å². The highest BCUT2D eigenvalue weighted by atomic mass is 32.2. The summed E-state index contributed by atoms with van der Waals surface area (Å²) in [4.78, 5) is 23.4. The Kier molecular flexibility index (Phi) is 4.65. The zero-order valence-corrected chi connectivity index (χ0v) is 15.0.